The first-order valence-electron chi connectivity index (χ1n) is 9.00. The summed E-state index contributed by atoms with van der Waals surface area (Å²) in [6, 6.07) is 24.6. The predicted molar refractivity (Wildman–Crippen MR) is 108 cm³/mol. The molecule has 0 aliphatic heterocycles. The zero-order valence-electron chi connectivity index (χ0n) is 15.4. The van der Waals surface area contributed by atoms with Crippen molar-refractivity contribution in [1.82, 2.24) is 0 Å². The molecule has 0 fully saturated rings. The summed E-state index contributed by atoms with van der Waals surface area (Å²) in [4.78, 5) is 12.3. The highest BCUT2D eigenvalue weighted by Gasteiger charge is 2.07. The number of hydrogen-bond donors (Lipinski definition) is 1. The summed E-state index contributed by atoms with van der Waals surface area (Å²) in [5.74, 6) is 1.47. The normalized spacial score (nSPS) is 10.3. The molecule has 0 unspecified atom stereocenters. The molecule has 0 aromatic heterocycles. The number of amides is 1. The van der Waals surface area contributed by atoms with Gasteiger partial charge >= 0.3 is 0 Å². The van der Waals surface area contributed by atoms with Crippen molar-refractivity contribution in [2.24, 2.45) is 0 Å². The van der Waals surface area contributed by atoms with Crippen LogP contribution in [0.5, 0.6) is 11.5 Å². The van der Waals surface area contributed by atoms with Gasteiger partial charge in [-0.1, -0.05) is 36.4 Å². The molecule has 0 saturated heterocycles. The minimum absolute atomic E-state index is 0.132. The molecule has 3 rings (SSSR count). The van der Waals surface area contributed by atoms with Gasteiger partial charge in [0.2, 0.25) is 0 Å². The Balaban J connectivity index is 1.43. The Kier molecular flexibility index (Phi) is 6.47. The molecule has 0 aliphatic rings. The smallest absolute Gasteiger partial charge is 0.255 e. The van der Waals surface area contributed by atoms with Crippen LogP contribution in [0, 0.1) is 6.92 Å². The molecule has 27 heavy (non-hydrogen) atoms. The maximum atomic E-state index is 12.3. The third-order valence-electron chi connectivity index (χ3n) is 4.08. The van der Waals surface area contributed by atoms with Gasteiger partial charge in [-0.3, -0.25) is 4.79 Å². The maximum absolute atomic E-state index is 12.3. The Bertz CT molecular complexity index is 860. The van der Waals surface area contributed by atoms with Crippen molar-refractivity contribution >= 4 is 11.6 Å². The summed E-state index contributed by atoms with van der Waals surface area (Å²) < 4.78 is 11.3. The fourth-order valence-corrected chi connectivity index (χ4v) is 2.57. The predicted octanol–water partition coefficient (Wildman–Crippen LogP) is 5.10. The van der Waals surface area contributed by atoms with Gasteiger partial charge in [0.1, 0.15) is 11.5 Å². The molecule has 0 bridgehead atoms. The van der Waals surface area contributed by atoms with E-state index in [0.717, 1.165) is 29.2 Å². The number of benzene rings is 3. The number of nitrogens with one attached hydrogen (secondary N) is 1. The van der Waals surface area contributed by atoms with Gasteiger partial charge in [-0.25, -0.2) is 0 Å². The lowest BCUT2D eigenvalue weighted by Crippen LogP contribution is -2.12. The number of aryl methyl sites for hydroxylation is 1. The molecule has 0 heterocycles. The lowest BCUT2D eigenvalue weighted by atomic mass is 10.1. The molecule has 1 amide bonds. The van der Waals surface area contributed by atoms with Crippen LogP contribution in [0.4, 0.5) is 5.69 Å². The summed E-state index contributed by atoms with van der Waals surface area (Å²) in [7, 11) is 0. The Morgan fingerprint density at radius 1 is 0.778 bits per heavy atom. The van der Waals surface area contributed by atoms with Crippen LogP contribution in [0.15, 0.2) is 78.9 Å². The first-order valence-corrected chi connectivity index (χ1v) is 9.00. The van der Waals surface area contributed by atoms with Crippen LogP contribution in [0.1, 0.15) is 22.3 Å². The van der Waals surface area contributed by atoms with Gasteiger partial charge in [0.25, 0.3) is 5.91 Å². The van der Waals surface area contributed by atoms with Gasteiger partial charge in [0, 0.05) is 17.7 Å². The summed E-state index contributed by atoms with van der Waals surface area (Å²) in [5, 5.41) is 2.93. The van der Waals surface area contributed by atoms with Gasteiger partial charge < -0.3 is 14.8 Å². The van der Waals surface area contributed by atoms with E-state index in [4.69, 9.17) is 9.47 Å². The molecule has 4 heteroatoms. The molecular weight excluding hydrogens is 338 g/mol. The summed E-state index contributed by atoms with van der Waals surface area (Å²) in [6.45, 7) is 3.12. The molecule has 3 aromatic carbocycles. The summed E-state index contributed by atoms with van der Waals surface area (Å²) >= 11 is 0. The zero-order chi connectivity index (χ0) is 18.9. The number of carbonyl (C=O) groups is 1. The van der Waals surface area contributed by atoms with E-state index in [0.29, 0.717) is 18.8 Å². The standard InChI is InChI=1S/C23H23NO3/c1-18-8-5-6-11-22(18)24-23(25)19-12-14-21(15-13-19)27-17-7-16-26-20-9-3-2-4-10-20/h2-6,8-15H,7,16-17H2,1H3,(H,24,25). The average Bonchev–Trinajstić information content (AvgIpc) is 2.71. The second-order valence-corrected chi connectivity index (χ2v) is 6.16. The fraction of sp³-hybridized carbons (Fsp3) is 0.174. The molecule has 3 aromatic rings. The number of ether oxygens (including phenoxy) is 2. The topological polar surface area (TPSA) is 47.6 Å². The van der Waals surface area contributed by atoms with E-state index in [1.54, 1.807) is 12.1 Å². The molecule has 1 N–H and O–H groups in total. The highest BCUT2D eigenvalue weighted by atomic mass is 16.5. The number of anilines is 1. The summed E-state index contributed by atoms with van der Waals surface area (Å²) in [5.41, 5.74) is 2.45. The highest BCUT2D eigenvalue weighted by Crippen LogP contribution is 2.17. The number of para-hydroxylation sites is 2. The minimum Gasteiger partial charge on any atom is -0.493 e. The van der Waals surface area contributed by atoms with E-state index in [1.807, 2.05) is 73.7 Å². The van der Waals surface area contributed by atoms with E-state index >= 15 is 0 Å². The van der Waals surface area contributed by atoms with Gasteiger partial charge in [-0.05, 0) is 55.0 Å². The van der Waals surface area contributed by atoms with E-state index < -0.39 is 0 Å². The molecule has 0 aliphatic carbocycles. The quantitative estimate of drug-likeness (QED) is 0.568. The lowest BCUT2D eigenvalue weighted by Gasteiger charge is -2.10. The first kappa shape index (κ1) is 18.5. The molecule has 138 valence electrons. The third kappa shape index (κ3) is 5.61. The minimum atomic E-state index is -0.132. The SMILES string of the molecule is Cc1ccccc1NC(=O)c1ccc(OCCCOc2ccccc2)cc1. The van der Waals surface area contributed by atoms with Crippen molar-refractivity contribution in [3.8, 4) is 11.5 Å². The van der Waals surface area contributed by atoms with Crippen molar-refractivity contribution in [1.29, 1.82) is 0 Å². The molecule has 0 spiro atoms. The Hall–Kier alpha value is -3.27. The monoisotopic (exact) mass is 361 g/mol. The second-order valence-electron chi connectivity index (χ2n) is 6.16. The van der Waals surface area contributed by atoms with Crippen molar-refractivity contribution in [3.63, 3.8) is 0 Å². The van der Waals surface area contributed by atoms with Crippen molar-refractivity contribution in [2.75, 3.05) is 18.5 Å². The summed E-state index contributed by atoms with van der Waals surface area (Å²) in [6.07, 6.45) is 0.782. The Morgan fingerprint density at radius 2 is 1.37 bits per heavy atom. The van der Waals surface area contributed by atoms with E-state index in [-0.39, 0.29) is 5.91 Å². The largest absolute Gasteiger partial charge is 0.493 e. The highest BCUT2D eigenvalue weighted by molar-refractivity contribution is 6.04. The van der Waals surface area contributed by atoms with Crippen LogP contribution in [0.2, 0.25) is 0 Å². The molecule has 0 radical (unpaired) electrons. The van der Waals surface area contributed by atoms with E-state index in [9.17, 15) is 4.79 Å². The van der Waals surface area contributed by atoms with Crippen molar-refractivity contribution < 1.29 is 14.3 Å². The van der Waals surface area contributed by atoms with Crippen LogP contribution in [0.3, 0.4) is 0 Å². The van der Waals surface area contributed by atoms with E-state index in [1.165, 1.54) is 0 Å². The fourth-order valence-electron chi connectivity index (χ4n) is 2.57. The van der Waals surface area contributed by atoms with Crippen LogP contribution in [0.25, 0.3) is 0 Å². The molecule has 0 saturated carbocycles. The van der Waals surface area contributed by atoms with Crippen LogP contribution < -0.4 is 14.8 Å². The average molecular weight is 361 g/mol. The lowest BCUT2D eigenvalue weighted by molar-refractivity contribution is 0.102. The number of rotatable bonds is 8. The molecule has 4 nitrogen and oxygen atoms in total. The van der Waals surface area contributed by atoms with Gasteiger partial charge in [-0.2, -0.15) is 0 Å². The second kappa shape index (κ2) is 9.43. The van der Waals surface area contributed by atoms with Crippen molar-refractivity contribution in [2.45, 2.75) is 13.3 Å². The maximum Gasteiger partial charge on any atom is 0.255 e. The van der Waals surface area contributed by atoms with Gasteiger partial charge in [0.15, 0.2) is 0 Å². The third-order valence-corrected chi connectivity index (χ3v) is 4.08. The zero-order valence-corrected chi connectivity index (χ0v) is 15.4. The Labute approximate surface area is 159 Å². The Morgan fingerprint density at radius 3 is 2.04 bits per heavy atom. The number of hydrogen-bond acceptors (Lipinski definition) is 3. The molecular formula is C23H23NO3. The van der Waals surface area contributed by atoms with Crippen LogP contribution in [-0.2, 0) is 0 Å². The molecule has 0 atom stereocenters. The van der Waals surface area contributed by atoms with Crippen molar-refractivity contribution in [3.05, 3.63) is 90.0 Å². The van der Waals surface area contributed by atoms with Crippen LogP contribution in [-0.4, -0.2) is 19.1 Å². The number of carbonyl (C=O) groups excluding carboxylic acids is 1. The van der Waals surface area contributed by atoms with Gasteiger partial charge in [-0.15, -0.1) is 0 Å². The van der Waals surface area contributed by atoms with Gasteiger partial charge in [0.05, 0.1) is 13.2 Å². The van der Waals surface area contributed by atoms with E-state index in [2.05, 4.69) is 5.32 Å². The first-order chi connectivity index (χ1) is 13.2. The van der Waals surface area contributed by atoms with Crippen LogP contribution >= 0.6 is 0 Å².